The number of fused-ring (bicyclic) bond motifs is 6. The van der Waals surface area contributed by atoms with E-state index >= 15 is 0 Å². The molecule has 1 unspecified atom stereocenters. The molecule has 9 heteroatoms. The predicted molar refractivity (Wildman–Crippen MR) is 190 cm³/mol. The molecule has 0 radical (unpaired) electrons. The summed E-state index contributed by atoms with van der Waals surface area (Å²) in [7, 11) is 0.681. The van der Waals surface area contributed by atoms with Crippen molar-refractivity contribution in [2.75, 3.05) is 24.6 Å². The molecule has 1 atom stereocenters. The number of aliphatic hydroxyl groups is 1. The first-order valence-electron chi connectivity index (χ1n) is 16.2. The number of hydrogen-bond donors (Lipinski definition) is 2. The van der Waals surface area contributed by atoms with Crippen LogP contribution in [0, 0.1) is 6.92 Å². The number of carboxylic acid groups (broad SMARTS) is 1. The summed E-state index contributed by atoms with van der Waals surface area (Å²) in [6.45, 7) is 15.4. The van der Waals surface area contributed by atoms with Crippen LogP contribution in [0.4, 0.5) is 5.82 Å². The Kier molecular flexibility index (Phi) is 11.8. The summed E-state index contributed by atoms with van der Waals surface area (Å²) in [4.78, 5) is 18.9. The number of hydrogen-bond acceptors (Lipinski definition) is 6. The Labute approximate surface area is 275 Å². The molecule has 1 saturated heterocycles. The van der Waals surface area contributed by atoms with Gasteiger partial charge in [-0.1, -0.05) is 76.8 Å². The fourth-order valence-corrected chi connectivity index (χ4v) is 6.56. The normalized spacial score (nSPS) is 19.2. The Balaban J connectivity index is 0.000000628. The second-order valence-electron chi connectivity index (χ2n) is 12.8. The highest BCUT2D eigenvalue weighted by Gasteiger charge is 2.33. The van der Waals surface area contributed by atoms with E-state index in [2.05, 4.69) is 72.2 Å². The average molecular weight is 645 g/mol. The van der Waals surface area contributed by atoms with Crippen LogP contribution in [-0.4, -0.2) is 61.7 Å². The van der Waals surface area contributed by atoms with Gasteiger partial charge >= 0.3 is 5.97 Å². The summed E-state index contributed by atoms with van der Waals surface area (Å²) < 4.78 is 8.22. The van der Waals surface area contributed by atoms with Crippen molar-refractivity contribution in [3.8, 4) is 22.4 Å². The van der Waals surface area contributed by atoms with E-state index in [4.69, 9.17) is 19.9 Å². The summed E-state index contributed by atoms with van der Waals surface area (Å²) in [5.41, 5.74) is 6.99. The maximum atomic E-state index is 11.9. The van der Waals surface area contributed by atoms with Gasteiger partial charge in [0, 0.05) is 36.0 Å². The first kappa shape index (κ1) is 35.3. The average Bonchev–Trinajstić information content (AvgIpc) is 3.43. The first-order valence-corrected chi connectivity index (χ1v) is 17.5. The second-order valence-corrected chi connectivity index (χ2v) is 13.9. The highest BCUT2D eigenvalue weighted by molar-refractivity contribution is 7.40. The van der Waals surface area contributed by atoms with Crippen LogP contribution >= 0.6 is 8.58 Å². The summed E-state index contributed by atoms with van der Waals surface area (Å²) in [6.07, 6.45) is 4.74. The van der Waals surface area contributed by atoms with E-state index < -0.39 is 11.6 Å². The highest BCUT2D eigenvalue weighted by Crippen LogP contribution is 2.35. The third-order valence-corrected chi connectivity index (χ3v) is 8.93. The zero-order valence-electron chi connectivity index (χ0n) is 28.3. The molecule has 0 aliphatic carbocycles. The SMILES string of the molecule is CC.CC(C)(C)O.Cc1nc2cc3nn2c(c1CC(=O)O)N1CCC(C)(CC1)OC/C=C/PCc1ccccc1-c1cccc-3c1. The molecule has 3 aliphatic heterocycles. The van der Waals surface area contributed by atoms with Crippen molar-refractivity contribution in [2.24, 2.45) is 0 Å². The van der Waals surface area contributed by atoms with Gasteiger partial charge in [0.25, 0.3) is 0 Å². The number of ether oxygens (including phenoxy) is 1. The molecule has 8 nitrogen and oxygen atoms in total. The zero-order valence-corrected chi connectivity index (χ0v) is 29.3. The molecule has 2 N–H and O–H groups in total. The summed E-state index contributed by atoms with van der Waals surface area (Å²) in [5.74, 6) is 2.21. The fourth-order valence-electron chi connectivity index (χ4n) is 5.65. The van der Waals surface area contributed by atoms with E-state index in [1.807, 2.05) is 31.4 Å². The number of anilines is 1. The van der Waals surface area contributed by atoms with Crippen molar-refractivity contribution in [3.05, 3.63) is 83.3 Å². The van der Waals surface area contributed by atoms with Gasteiger partial charge in [0.2, 0.25) is 0 Å². The molecule has 1 fully saturated rings. The molecular weight excluding hydrogens is 595 g/mol. The molecule has 0 saturated carbocycles. The first-order chi connectivity index (χ1) is 21.9. The zero-order chi connectivity index (χ0) is 33.5. The van der Waals surface area contributed by atoms with Crippen molar-refractivity contribution in [1.29, 1.82) is 0 Å². The number of carboxylic acids is 1. The lowest BCUT2D eigenvalue weighted by molar-refractivity contribution is -0.136. The minimum Gasteiger partial charge on any atom is -0.481 e. The van der Waals surface area contributed by atoms with Crippen molar-refractivity contribution in [3.63, 3.8) is 0 Å². The Bertz CT molecular complexity index is 1660. The number of carbonyl (C=O) groups is 1. The fraction of sp³-hybridized carbons (Fsp3) is 0.432. The maximum absolute atomic E-state index is 11.9. The Hall–Kier alpha value is -3.58. The highest BCUT2D eigenvalue weighted by atomic mass is 31.1. The van der Waals surface area contributed by atoms with Crippen molar-refractivity contribution >= 4 is 26.0 Å². The van der Waals surface area contributed by atoms with Gasteiger partial charge in [-0.25, -0.2) is 4.98 Å². The quantitative estimate of drug-likeness (QED) is 0.214. The smallest absolute Gasteiger partial charge is 0.308 e. The second kappa shape index (κ2) is 15.3. The van der Waals surface area contributed by atoms with Crippen LogP contribution in [0.25, 0.3) is 28.0 Å². The molecular formula is C37H49N4O4P. The molecule has 46 heavy (non-hydrogen) atoms. The van der Waals surface area contributed by atoms with Gasteiger partial charge < -0.3 is 19.8 Å². The Morgan fingerprint density at radius 3 is 2.41 bits per heavy atom. The number of rotatable bonds is 2. The monoisotopic (exact) mass is 644 g/mol. The molecule has 5 heterocycles. The number of aliphatic carboxylic acids is 1. The minimum atomic E-state index is -0.873. The van der Waals surface area contributed by atoms with E-state index in [0.29, 0.717) is 20.8 Å². The van der Waals surface area contributed by atoms with Crippen LogP contribution in [0.5, 0.6) is 0 Å². The van der Waals surface area contributed by atoms with Crippen LogP contribution in [0.2, 0.25) is 0 Å². The molecule has 0 amide bonds. The standard InChI is InChI=1S/C31H33N4O3P.C4H10O.C2H6/c1-21-26(18-29(36)37)30-34-13-11-31(2,12-14-34)38-15-6-16-39-20-24-7-3-4-10-25(24)22-8-5-9-23(17-22)27-19-28(32-21)35(30)33-27;1-4(2,3)5;1-2/h3-10,16-17,19,39H,11-15,18,20H2,1-2H3,(H,36,37);5H,1-3H3;1-2H3/b16-6+;;. The van der Waals surface area contributed by atoms with E-state index in [9.17, 15) is 9.90 Å². The van der Waals surface area contributed by atoms with Gasteiger partial charge in [-0.3, -0.25) is 4.79 Å². The van der Waals surface area contributed by atoms with Gasteiger partial charge in [-0.2, -0.15) is 9.61 Å². The van der Waals surface area contributed by atoms with Crippen molar-refractivity contribution in [2.45, 2.75) is 85.1 Å². The van der Waals surface area contributed by atoms with Crippen LogP contribution < -0.4 is 4.90 Å². The number of benzene rings is 2. The minimum absolute atomic E-state index is 0.0958. The molecule has 0 spiro atoms. The van der Waals surface area contributed by atoms with Gasteiger partial charge in [-0.05, 0) is 76.4 Å². The molecule has 3 aliphatic rings. The molecule has 2 aromatic carbocycles. The summed E-state index contributed by atoms with van der Waals surface area (Å²) >= 11 is 0. The van der Waals surface area contributed by atoms with Gasteiger partial charge in [0.1, 0.15) is 5.82 Å². The number of nitrogens with zero attached hydrogens (tertiary/aromatic N) is 4. The van der Waals surface area contributed by atoms with E-state index in [1.165, 1.54) is 11.1 Å². The third kappa shape index (κ3) is 9.03. The van der Waals surface area contributed by atoms with Crippen LogP contribution in [0.15, 0.2) is 66.5 Å². The van der Waals surface area contributed by atoms with Gasteiger partial charge in [0.15, 0.2) is 5.65 Å². The number of aryl methyl sites for hydroxylation is 1. The topological polar surface area (TPSA) is 100 Å². The van der Waals surface area contributed by atoms with E-state index in [1.54, 1.807) is 20.8 Å². The lowest BCUT2D eigenvalue weighted by atomic mass is 9.93. The molecule has 2 aromatic heterocycles. The Morgan fingerprint density at radius 1 is 1.04 bits per heavy atom. The molecule has 246 valence electrons. The van der Waals surface area contributed by atoms with Crippen LogP contribution in [0.3, 0.4) is 0 Å². The van der Waals surface area contributed by atoms with Crippen LogP contribution in [-0.2, 0) is 22.1 Å². The molecule has 7 rings (SSSR count). The molecule has 6 bridgehead atoms. The van der Waals surface area contributed by atoms with Gasteiger partial charge in [0.05, 0.1) is 29.9 Å². The summed E-state index contributed by atoms with van der Waals surface area (Å²) in [5, 5.41) is 23.3. The van der Waals surface area contributed by atoms with E-state index in [0.717, 1.165) is 66.1 Å². The van der Waals surface area contributed by atoms with Crippen molar-refractivity contribution < 1.29 is 19.7 Å². The van der Waals surface area contributed by atoms with Crippen LogP contribution in [0.1, 0.15) is 71.2 Å². The molecule has 4 aromatic rings. The largest absolute Gasteiger partial charge is 0.481 e. The van der Waals surface area contributed by atoms with Crippen molar-refractivity contribution in [1.82, 2.24) is 14.6 Å². The lowest BCUT2D eigenvalue weighted by Crippen LogP contribution is -2.45. The van der Waals surface area contributed by atoms with E-state index in [-0.39, 0.29) is 12.0 Å². The third-order valence-electron chi connectivity index (χ3n) is 7.87. The van der Waals surface area contributed by atoms with Gasteiger partial charge in [-0.15, -0.1) is 0 Å². The Morgan fingerprint density at radius 2 is 1.72 bits per heavy atom. The lowest BCUT2D eigenvalue weighted by Gasteiger charge is -2.40. The maximum Gasteiger partial charge on any atom is 0.308 e. The predicted octanol–water partition coefficient (Wildman–Crippen LogP) is 7.88. The number of aromatic nitrogens is 3. The summed E-state index contributed by atoms with van der Waals surface area (Å²) in [6, 6.07) is 19.1. The number of piperidine rings is 1.